The molecule has 108 valence electrons. The zero-order valence-corrected chi connectivity index (χ0v) is 12.6. The van der Waals surface area contributed by atoms with Crippen LogP contribution in [0.2, 0.25) is 0 Å². The number of thiophene rings is 1. The number of sulfonamides is 1. The Morgan fingerprint density at radius 3 is 2.80 bits per heavy atom. The second-order valence-corrected chi connectivity index (χ2v) is 7.04. The van der Waals surface area contributed by atoms with Crippen LogP contribution in [-0.2, 0) is 21.9 Å². The van der Waals surface area contributed by atoms with E-state index in [2.05, 4.69) is 15.1 Å². The Hall–Kier alpha value is -1.71. The van der Waals surface area contributed by atoms with Crippen molar-refractivity contribution in [2.24, 2.45) is 7.05 Å². The van der Waals surface area contributed by atoms with E-state index in [1.165, 1.54) is 10.7 Å². The number of hydrogen-bond donors (Lipinski definition) is 2. The molecule has 7 nitrogen and oxygen atoms in total. The van der Waals surface area contributed by atoms with Gasteiger partial charge in [-0.15, -0.1) is 11.3 Å². The number of aryl methyl sites for hydroxylation is 2. The summed E-state index contributed by atoms with van der Waals surface area (Å²) in [7, 11) is -1.93. The van der Waals surface area contributed by atoms with Crippen LogP contribution in [0, 0.1) is 6.92 Å². The molecule has 2 aromatic rings. The lowest BCUT2D eigenvalue weighted by atomic mass is 10.4. The molecule has 0 saturated carbocycles. The van der Waals surface area contributed by atoms with E-state index in [9.17, 15) is 13.2 Å². The summed E-state index contributed by atoms with van der Waals surface area (Å²) in [5, 5.41) is 8.33. The molecule has 2 N–H and O–H groups in total. The molecule has 2 aromatic heterocycles. The maximum atomic E-state index is 11.8. The molecule has 0 aliphatic carbocycles. The Morgan fingerprint density at radius 2 is 2.25 bits per heavy atom. The molecule has 9 heteroatoms. The highest BCUT2D eigenvalue weighted by molar-refractivity contribution is 7.91. The van der Waals surface area contributed by atoms with Gasteiger partial charge < -0.3 is 5.32 Å². The van der Waals surface area contributed by atoms with E-state index in [4.69, 9.17) is 0 Å². The first-order valence-electron chi connectivity index (χ1n) is 5.72. The first-order valence-corrected chi connectivity index (χ1v) is 8.08. The average molecular weight is 314 g/mol. The molecule has 0 radical (unpaired) electrons. The van der Waals surface area contributed by atoms with Crippen LogP contribution < -0.4 is 10.0 Å². The minimum Gasteiger partial charge on any atom is -0.310 e. The third-order valence-electron chi connectivity index (χ3n) is 2.45. The normalized spacial score (nSPS) is 11.5. The second-order valence-electron chi connectivity index (χ2n) is 4.10. The lowest BCUT2D eigenvalue weighted by molar-refractivity contribution is -0.115. The Morgan fingerprint density at radius 1 is 1.50 bits per heavy atom. The summed E-state index contributed by atoms with van der Waals surface area (Å²) in [6, 6.07) is 4.82. The molecule has 2 heterocycles. The summed E-state index contributed by atoms with van der Waals surface area (Å²) in [5.74, 6) is 0.0657. The van der Waals surface area contributed by atoms with Crippen molar-refractivity contribution in [1.29, 1.82) is 0 Å². The van der Waals surface area contributed by atoms with E-state index < -0.39 is 15.9 Å². The fourth-order valence-corrected chi connectivity index (χ4v) is 3.58. The number of carbonyl (C=O) groups is 1. The lowest BCUT2D eigenvalue weighted by Gasteiger charge is -2.06. The highest BCUT2D eigenvalue weighted by atomic mass is 32.2. The van der Waals surface area contributed by atoms with Crippen molar-refractivity contribution < 1.29 is 13.2 Å². The lowest BCUT2D eigenvalue weighted by Crippen LogP contribution is -2.32. The van der Waals surface area contributed by atoms with Gasteiger partial charge in [0.1, 0.15) is 10.0 Å². The second kappa shape index (κ2) is 5.73. The monoisotopic (exact) mass is 314 g/mol. The predicted octanol–water partition coefficient (Wildman–Crippen LogP) is 0.707. The number of nitrogens with one attached hydrogen (secondary N) is 2. The van der Waals surface area contributed by atoms with Gasteiger partial charge in [-0.3, -0.25) is 9.48 Å². The van der Waals surface area contributed by atoms with E-state index in [-0.39, 0.29) is 10.8 Å². The van der Waals surface area contributed by atoms with Crippen molar-refractivity contribution in [2.75, 3.05) is 11.9 Å². The average Bonchev–Trinajstić information content (AvgIpc) is 2.98. The zero-order chi connectivity index (χ0) is 14.8. The molecule has 0 bridgehead atoms. The van der Waals surface area contributed by atoms with Crippen molar-refractivity contribution in [3.05, 3.63) is 29.3 Å². The van der Waals surface area contributed by atoms with Crippen LogP contribution in [-0.4, -0.2) is 30.7 Å². The number of anilines is 1. The fourth-order valence-electron chi connectivity index (χ4n) is 1.56. The van der Waals surface area contributed by atoms with Crippen LogP contribution in [0.1, 0.15) is 5.69 Å². The van der Waals surface area contributed by atoms with Crippen LogP contribution in [0.5, 0.6) is 0 Å². The Labute approximate surface area is 120 Å². The molecule has 20 heavy (non-hydrogen) atoms. The summed E-state index contributed by atoms with van der Waals surface area (Å²) in [4.78, 5) is 11.7. The van der Waals surface area contributed by atoms with Gasteiger partial charge in [-0.2, -0.15) is 5.10 Å². The molecule has 0 unspecified atom stereocenters. The highest BCUT2D eigenvalue weighted by Crippen LogP contribution is 2.15. The third-order valence-corrected chi connectivity index (χ3v) is 5.25. The molecule has 0 saturated heterocycles. The minimum atomic E-state index is -3.62. The molecule has 0 aliphatic heterocycles. The molecule has 1 amide bonds. The van der Waals surface area contributed by atoms with E-state index in [1.807, 2.05) is 0 Å². The SMILES string of the molecule is Cc1cc(NC(=O)CNS(=O)(=O)c2cccs2)n(C)n1. The number of carbonyl (C=O) groups excluding carboxylic acids is 1. The first kappa shape index (κ1) is 14.7. The first-order chi connectivity index (χ1) is 9.38. The summed E-state index contributed by atoms with van der Waals surface area (Å²) in [6.07, 6.45) is 0. The smallest absolute Gasteiger partial charge is 0.250 e. The van der Waals surface area contributed by atoms with Crippen molar-refractivity contribution >= 4 is 33.1 Å². The molecule has 0 fully saturated rings. The van der Waals surface area contributed by atoms with Crippen LogP contribution in [0.25, 0.3) is 0 Å². The highest BCUT2D eigenvalue weighted by Gasteiger charge is 2.16. The van der Waals surface area contributed by atoms with Crippen molar-refractivity contribution in [3.8, 4) is 0 Å². The van der Waals surface area contributed by atoms with Crippen LogP contribution in [0.4, 0.5) is 5.82 Å². The minimum absolute atomic E-state index is 0.182. The van der Waals surface area contributed by atoms with Crippen molar-refractivity contribution in [2.45, 2.75) is 11.1 Å². The summed E-state index contributed by atoms with van der Waals surface area (Å²) < 4.78 is 27.6. The Kier molecular flexibility index (Phi) is 4.21. The molecular formula is C11H14N4O3S2. The Bertz CT molecular complexity index is 704. The number of hydrogen-bond acceptors (Lipinski definition) is 5. The molecule has 0 aromatic carbocycles. The van der Waals surface area contributed by atoms with E-state index in [0.717, 1.165) is 17.0 Å². The summed E-state index contributed by atoms with van der Waals surface area (Å²) in [5.41, 5.74) is 0.766. The van der Waals surface area contributed by atoms with Gasteiger partial charge in [0, 0.05) is 13.1 Å². The third kappa shape index (κ3) is 3.44. The van der Waals surface area contributed by atoms with Gasteiger partial charge in [-0.25, -0.2) is 13.1 Å². The van der Waals surface area contributed by atoms with Crippen LogP contribution in [0.3, 0.4) is 0 Å². The van der Waals surface area contributed by atoms with Gasteiger partial charge in [0.05, 0.1) is 12.2 Å². The molecule has 0 atom stereocenters. The fraction of sp³-hybridized carbons (Fsp3) is 0.273. The predicted molar refractivity (Wildman–Crippen MR) is 76.1 cm³/mol. The van der Waals surface area contributed by atoms with E-state index in [1.54, 1.807) is 31.5 Å². The Balaban J connectivity index is 1.95. The van der Waals surface area contributed by atoms with Crippen molar-refractivity contribution in [3.63, 3.8) is 0 Å². The quantitative estimate of drug-likeness (QED) is 0.850. The van der Waals surface area contributed by atoms with Gasteiger partial charge in [-0.1, -0.05) is 6.07 Å². The van der Waals surface area contributed by atoms with Gasteiger partial charge in [0.25, 0.3) is 10.0 Å². The molecule has 0 spiro atoms. The number of rotatable bonds is 5. The summed E-state index contributed by atoms with van der Waals surface area (Å²) in [6.45, 7) is 1.47. The van der Waals surface area contributed by atoms with Gasteiger partial charge >= 0.3 is 0 Å². The van der Waals surface area contributed by atoms with Gasteiger partial charge in [-0.05, 0) is 18.4 Å². The maximum Gasteiger partial charge on any atom is 0.250 e. The van der Waals surface area contributed by atoms with Gasteiger partial charge in [0.2, 0.25) is 5.91 Å². The number of amides is 1. The van der Waals surface area contributed by atoms with E-state index >= 15 is 0 Å². The zero-order valence-electron chi connectivity index (χ0n) is 11.0. The van der Waals surface area contributed by atoms with Crippen LogP contribution >= 0.6 is 11.3 Å². The molecular weight excluding hydrogens is 300 g/mol. The number of aromatic nitrogens is 2. The largest absolute Gasteiger partial charge is 0.310 e. The molecule has 2 rings (SSSR count). The van der Waals surface area contributed by atoms with Crippen LogP contribution in [0.15, 0.2) is 27.8 Å². The maximum absolute atomic E-state index is 11.8. The molecule has 0 aliphatic rings. The van der Waals surface area contributed by atoms with E-state index in [0.29, 0.717) is 5.82 Å². The standard InChI is InChI=1S/C11H14N4O3S2/c1-8-6-9(15(2)14-8)13-10(16)7-12-20(17,18)11-4-3-5-19-11/h3-6,12H,7H2,1-2H3,(H,13,16). The number of nitrogens with zero attached hydrogens (tertiary/aromatic N) is 2. The summed E-state index contributed by atoms with van der Waals surface area (Å²) >= 11 is 1.10. The van der Waals surface area contributed by atoms with Gasteiger partial charge in [0.15, 0.2) is 0 Å². The topological polar surface area (TPSA) is 93.1 Å². The van der Waals surface area contributed by atoms with Crippen molar-refractivity contribution in [1.82, 2.24) is 14.5 Å².